The number of nitrogens with one attached hydrogen (secondary N) is 2. The lowest BCUT2D eigenvalue weighted by Crippen LogP contribution is -2.25. The van der Waals surface area contributed by atoms with Crippen molar-refractivity contribution in [3.8, 4) is 0 Å². The summed E-state index contributed by atoms with van der Waals surface area (Å²) in [6, 6.07) is 18.9. The zero-order valence-corrected chi connectivity index (χ0v) is 16.5. The maximum absolute atomic E-state index is 5.66. The number of nitrogens with two attached hydrogens (primary N) is 1. The van der Waals surface area contributed by atoms with E-state index in [1.165, 1.54) is 18.4 Å². The molecule has 1 saturated carbocycles. The van der Waals surface area contributed by atoms with Crippen LogP contribution in [0.1, 0.15) is 35.7 Å². The van der Waals surface area contributed by atoms with E-state index in [0.29, 0.717) is 18.5 Å². The van der Waals surface area contributed by atoms with Gasteiger partial charge in [-0.15, -0.1) is 0 Å². The Hall–Kier alpha value is -2.28. The molecule has 1 atom stereocenters. The molecule has 1 fully saturated rings. The largest absolute Gasteiger partial charge is 0.326 e. The van der Waals surface area contributed by atoms with E-state index in [-0.39, 0.29) is 6.04 Å². The monoisotopic (exact) mass is 423 g/mol. The van der Waals surface area contributed by atoms with Gasteiger partial charge in [-0.05, 0) is 54.3 Å². The van der Waals surface area contributed by atoms with Gasteiger partial charge >= 0.3 is 0 Å². The van der Waals surface area contributed by atoms with Crippen molar-refractivity contribution in [1.82, 2.24) is 15.3 Å². The van der Waals surface area contributed by atoms with Crippen LogP contribution in [0.5, 0.6) is 0 Å². The van der Waals surface area contributed by atoms with Crippen molar-refractivity contribution in [3.63, 3.8) is 0 Å². The predicted molar refractivity (Wildman–Crippen MR) is 112 cm³/mol. The van der Waals surface area contributed by atoms with Crippen LogP contribution in [0.15, 0.2) is 65.3 Å². The van der Waals surface area contributed by atoms with Crippen LogP contribution in [0, 0.1) is 0 Å². The van der Waals surface area contributed by atoms with E-state index in [9.17, 15) is 0 Å². The second-order valence-corrected chi connectivity index (χ2v) is 7.68. The number of rotatable bonds is 7. The molecular formula is C21H22BrN5. The first-order valence-corrected chi connectivity index (χ1v) is 9.91. The van der Waals surface area contributed by atoms with Gasteiger partial charge in [0.25, 0.3) is 0 Å². The summed E-state index contributed by atoms with van der Waals surface area (Å²) in [6.45, 7) is 0.535. The van der Waals surface area contributed by atoms with Crippen LogP contribution >= 0.6 is 15.9 Å². The summed E-state index contributed by atoms with van der Waals surface area (Å²) < 4.78 is 1.06. The summed E-state index contributed by atoms with van der Waals surface area (Å²) in [4.78, 5) is 9.15. The molecule has 27 heavy (non-hydrogen) atoms. The SMILES string of the molecule is NCc1ccc(Nc2nccc(C(NC3CC3)c3cccc(Br)c3)n2)cc1. The van der Waals surface area contributed by atoms with E-state index in [0.717, 1.165) is 21.4 Å². The molecule has 1 aliphatic rings. The highest BCUT2D eigenvalue weighted by Gasteiger charge is 2.27. The van der Waals surface area contributed by atoms with Gasteiger partial charge in [0, 0.05) is 28.9 Å². The summed E-state index contributed by atoms with van der Waals surface area (Å²) in [5, 5.41) is 6.99. The van der Waals surface area contributed by atoms with Gasteiger partial charge in [-0.3, -0.25) is 0 Å². The third kappa shape index (κ3) is 4.71. The zero-order valence-electron chi connectivity index (χ0n) is 14.9. The van der Waals surface area contributed by atoms with Crippen LogP contribution in [0.25, 0.3) is 0 Å². The fraction of sp³-hybridized carbons (Fsp3) is 0.238. The van der Waals surface area contributed by atoms with Crippen LogP contribution in [-0.4, -0.2) is 16.0 Å². The molecule has 6 heteroatoms. The highest BCUT2D eigenvalue weighted by Crippen LogP contribution is 2.29. The molecule has 0 spiro atoms. The maximum atomic E-state index is 5.66. The van der Waals surface area contributed by atoms with Crippen LogP contribution < -0.4 is 16.4 Å². The van der Waals surface area contributed by atoms with Gasteiger partial charge in [-0.2, -0.15) is 0 Å². The summed E-state index contributed by atoms with van der Waals surface area (Å²) in [7, 11) is 0. The second kappa shape index (κ2) is 8.17. The van der Waals surface area contributed by atoms with E-state index in [4.69, 9.17) is 10.7 Å². The first-order valence-electron chi connectivity index (χ1n) is 9.12. The average Bonchev–Trinajstić information content (AvgIpc) is 3.51. The van der Waals surface area contributed by atoms with Gasteiger partial charge in [-0.25, -0.2) is 9.97 Å². The molecule has 1 unspecified atom stereocenters. The molecule has 4 N–H and O–H groups in total. The molecule has 1 aliphatic carbocycles. The van der Waals surface area contributed by atoms with Crippen molar-refractivity contribution in [1.29, 1.82) is 0 Å². The zero-order chi connectivity index (χ0) is 18.6. The lowest BCUT2D eigenvalue weighted by atomic mass is 10.0. The molecule has 138 valence electrons. The number of anilines is 2. The minimum atomic E-state index is 0.0400. The molecule has 0 bridgehead atoms. The lowest BCUT2D eigenvalue weighted by Gasteiger charge is -2.19. The van der Waals surface area contributed by atoms with Gasteiger partial charge in [0.15, 0.2) is 0 Å². The van der Waals surface area contributed by atoms with E-state index in [1.54, 1.807) is 6.20 Å². The number of halogens is 1. The van der Waals surface area contributed by atoms with Gasteiger partial charge in [0.05, 0.1) is 11.7 Å². The molecule has 3 aromatic rings. The fourth-order valence-electron chi connectivity index (χ4n) is 2.97. The van der Waals surface area contributed by atoms with Crippen molar-refractivity contribution in [2.75, 3.05) is 5.32 Å². The Labute approximate surface area is 167 Å². The standard InChI is InChI=1S/C21H22BrN5/c22-16-3-1-2-15(12-16)20(25-17-8-9-17)19-10-11-24-21(27-19)26-18-6-4-14(13-23)5-7-18/h1-7,10-12,17,20,25H,8-9,13,23H2,(H,24,26,27). The Bertz CT molecular complexity index is 908. The first kappa shape index (κ1) is 18.1. The van der Waals surface area contributed by atoms with Crippen LogP contribution in [-0.2, 0) is 6.54 Å². The smallest absolute Gasteiger partial charge is 0.227 e. The molecule has 4 rings (SSSR count). The highest BCUT2D eigenvalue weighted by molar-refractivity contribution is 9.10. The van der Waals surface area contributed by atoms with E-state index in [2.05, 4.69) is 49.7 Å². The molecule has 5 nitrogen and oxygen atoms in total. The fourth-order valence-corrected chi connectivity index (χ4v) is 3.39. The van der Waals surface area contributed by atoms with E-state index in [1.807, 2.05) is 36.4 Å². The Balaban J connectivity index is 1.59. The predicted octanol–water partition coefficient (Wildman–Crippen LogP) is 4.28. The van der Waals surface area contributed by atoms with E-state index < -0.39 is 0 Å². The summed E-state index contributed by atoms with van der Waals surface area (Å²) >= 11 is 3.57. The normalized spacial score (nSPS) is 14.7. The number of nitrogens with zero attached hydrogens (tertiary/aromatic N) is 2. The number of hydrogen-bond donors (Lipinski definition) is 3. The molecule has 0 saturated heterocycles. The summed E-state index contributed by atoms with van der Waals surface area (Å²) in [5.74, 6) is 0.589. The molecule has 0 radical (unpaired) electrons. The Morgan fingerprint density at radius 3 is 2.63 bits per heavy atom. The molecule has 0 aliphatic heterocycles. The second-order valence-electron chi connectivity index (χ2n) is 6.76. The quantitative estimate of drug-likeness (QED) is 0.528. The molecule has 1 aromatic heterocycles. The molecule has 0 amide bonds. The highest BCUT2D eigenvalue weighted by atomic mass is 79.9. The van der Waals surface area contributed by atoms with Crippen LogP contribution in [0.3, 0.4) is 0 Å². The Morgan fingerprint density at radius 1 is 1.11 bits per heavy atom. The van der Waals surface area contributed by atoms with Gasteiger partial charge in [0.1, 0.15) is 0 Å². The average molecular weight is 424 g/mol. The van der Waals surface area contributed by atoms with Crippen molar-refractivity contribution in [2.45, 2.75) is 31.5 Å². The van der Waals surface area contributed by atoms with E-state index >= 15 is 0 Å². The van der Waals surface area contributed by atoms with Gasteiger partial charge < -0.3 is 16.4 Å². The minimum absolute atomic E-state index is 0.0400. The Morgan fingerprint density at radius 2 is 1.93 bits per heavy atom. The van der Waals surface area contributed by atoms with Crippen LogP contribution in [0.2, 0.25) is 0 Å². The maximum Gasteiger partial charge on any atom is 0.227 e. The molecule has 2 aromatic carbocycles. The number of aromatic nitrogens is 2. The molecular weight excluding hydrogens is 402 g/mol. The Kier molecular flexibility index (Phi) is 5.48. The first-order chi connectivity index (χ1) is 13.2. The summed E-state index contributed by atoms with van der Waals surface area (Å²) in [6.07, 6.45) is 4.24. The van der Waals surface area contributed by atoms with Crippen molar-refractivity contribution >= 4 is 27.6 Å². The van der Waals surface area contributed by atoms with Gasteiger partial charge in [0.2, 0.25) is 5.95 Å². The number of hydrogen-bond acceptors (Lipinski definition) is 5. The third-order valence-electron chi connectivity index (χ3n) is 4.58. The minimum Gasteiger partial charge on any atom is -0.326 e. The van der Waals surface area contributed by atoms with Crippen molar-refractivity contribution < 1.29 is 0 Å². The lowest BCUT2D eigenvalue weighted by molar-refractivity contribution is 0.587. The topological polar surface area (TPSA) is 75.9 Å². The number of benzene rings is 2. The van der Waals surface area contributed by atoms with Crippen molar-refractivity contribution in [2.24, 2.45) is 5.73 Å². The summed E-state index contributed by atoms with van der Waals surface area (Å²) in [5.41, 5.74) is 9.84. The van der Waals surface area contributed by atoms with Crippen LogP contribution in [0.4, 0.5) is 11.6 Å². The van der Waals surface area contributed by atoms with Gasteiger partial charge in [-0.1, -0.05) is 40.2 Å². The molecule has 1 heterocycles. The van der Waals surface area contributed by atoms with Crippen molar-refractivity contribution in [3.05, 3.63) is 82.1 Å². The third-order valence-corrected chi connectivity index (χ3v) is 5.07.